The molecular weight excluding hydrogens is 1380 g/mol. The average molecular weight is 1480 g/mol. The number of hydrogen-bond acceptors (Lipinski definition) is 19. The molecule has 2 aliphatic heterocycles. The van der Waals surface area contributed by atoms with Gasteiger partial charge in [0.25, 0.3) is 0 Å². The van der Waals surface area contributed by atoms with Gasteiger partial charge in [-0.2, -0.15) is 0 Å². The Labute approximate surface area is 625 Å². The molecule has 6 aliphatic rings. The van der Waals surface area contributed by atoms with Crippen molar-refractivity contribution in [1.29, 1.82) is 0 Å². The predicted molar refractivity (Wildman–Crippen MR) is 393 cm³/mol. The largest absolute Gasteiger partial charge is 0.445 e. The summed E-state index contributed by atoms with van der Waals surface area (Å²) in [5.41, 5.74) is 7.70. The number of hydrogen-bond donors (Lipinski definition) is 9. The summed E-state index contributed by atoms with van der Waals surface area (Å²) in [6.45, 7) is 13.0. The standard InChI is InChI=1S/C79H105N9O19/c1-7-14-70-106-64-44-59-58-27-24-55-43-57(89)30-32-77(55,5)71(58)62(90)45-78(59,6)79(64,107-70)63(91)49-104-68(8-2)86-67(94)46-83-76(99)105-48-51-20-25-56(26-21-51)84-73(96)60(18-13-33-82-75(80)98)85-74(97)72(50(3)4)87-66(93)31-35-100-37-39-102-41-42-103-40-38-101-36-34-81-65(92)28-29-69(95)88-47-54-17-10-9-15-52(54)22-23-53-16-11-12-19-61(53)88/h9-12,15-17,19-21,25-26,30,32,43,50,58-60,62,64,68,70-72,90H,7-8,13-14,18,24,27-29,31,33-42,44-49H2,1-6H3,(H,81,92)(H,83,99)(H,84,96)(H,85,97)(H,86,94)(H,87,93)(H3,80,82,98)/t58-,59-,60-,62-,64+,68?,70?,71+,72-,77-,78-,79+/m0/s1. The summed E-state index contributed by atoms with van der Waals surface area (Å²) in [7, 11) is 0. The van der Waals surface area contributed by atoms with E-state index < -0.39 is 102 Å². The minimum absolute atomic E-state index is 0.0241. The number of alkyl carbamates (subject to hydrolysis) is 1. The summed E-state index contributed by atoms with van der Waals surface area (Å²) < 4.78 is 47.1. The lowest BCUT2D eigenvalue weighted by molar-refractivity contribution is -0.202. The highest BCUT2D eigenvalue weighted by Gasteiger charge is 2.76. The van der Waals surface area contributed by atoms with Crippen LogP contribution < -0.4 is 47.9 Å². The first-order valence-corrected chi connectivity index (χ1v) is 37.4. The SMILES string of the molecule is CCCC1O[C@@H]2C[C@H]3[C@@H]4CCC5=CC(=O)C=C[C@]5(C)[C@H]4[C@@H](O)C[C@]3(C)[C@]2(C(=O)COC(CC)NC(=O)CNC(=O)OCc2ccc(NC(=O)[C@H](CCCNC(N)=O)NC(=O)[C@@H](NC(=O)CCOCCOCCOCCOCCNC(=O)CCC(=O)N3Cc4ccccc4C#Cc4ccccc43)C(C)C)cc2)O1. The molecule has 0 aromatic heterocycles. The minimum Gasteiger partial charge on any atom is -0.445 e. The number of carbonyl (C=O) groups excluding carboxylic acids is 10. The van der Waals surface area contributed by atoms with Crippen LogP contribution in [0.2, 0.25) is 0 Å². The van der Waals surface area contributed by atoms with Gasteiger partial charge in [-0.25, -0.2) is 9.59 Å². The number of nitrogens with one attached hydrogen (secondary N) is 7. The number of benzene rings is 3. The highest BCUT2D eigenvalue weighted by atomic mass is 16.7. The normalized spacial score (nSPS) is 23.7. The zero-order chi connectivity index (χ0) is 76.7. The van der Waals surface area contributed by atoms with Crippen LogP contribution in [0.25, 0.3) is 0 Å². The second-order valence-electron chi connectivity index (χ2n) is 28.7. The van der Waals surface area contributed by atoms with Gasteiger partial charge in [-0.1, -0.05) is 114 Å². The second kappa shape index (κ2) is 39.3. The molecule has 0 radical (unpaired) electrons. The zero-order valence-electron chi connectivity index (χ0n) is 62.1. The molecule has 3 aromatic carbocycles. The fourth-order valence-corrected chi connectivity index (χ4v) is 15.7. The molecule has 10 N–H and O–H groups in total. The van der Waals surface area contributed by atoms with Crippen LogP contribution in [-0.2, 0) is 89.4 Å². The maximum absolute atomic E-state index is 14.8. The van der Waals surface area contributed by atoms with Crippen LogP contribution in [0.4, 0.5) is 21.0 Å². The Bertz CT molecular complexity index is 3760. The van der Waals surface area contributed by atoms with E-state index in [1.54, 1.807) is 62.1 Å². The van der Waals surface area contributed by atoms with Gasteiger partial charge in [0.1, 0.15) is 38.1 Å². The van der Waals surface area contributed by atoms with E-state index in [2.05, 4.69) is 56.0 Å². The lowest BCUT2D eigenvalue weighted by Gasteiger charge is -2.59. The van der Waals surface area contributed by atoms with E-state index in [9.17, 15) is 53.1 Å². The number of urea groups is 1. The van der Waals surface area contributed by atoms with Gasteiger partial charge in [0.15, 0.2) is 23.5 Å². The molecule has 580 valence electrons. The van der Waals surface area contributed by atoms with Crippen LogP contribution >= 0.6 is 0 Å². The van der Waals surface area contributed by atoms with Gasteiger partial charge in [-0.15, -0.1) is 0 Å². The predicted octanol–water partition coefficient (Wildman–Crippen LogP) is 5.83. The first-order chi connectivity index (χ1) is 51.5. The van der Waals surface area contributed by atoms with Crippen molar-refractivity contribution in [3.63, 3.8) is 0 Å². The van der Waals surface area contributed by atoms with Crippen molar-refractivity contribution in [3.8, 4) is 11.8 Å². The van der Waals surface area contributed by atoms with Gasteiger partial charge in [0, 0.05) is 65.9 Å². The molecule has 28 nitrogen and oxygen atoms in total. The number of amides is 9. The first kappa shape index (κ1) is 82.1. The molecule has 28 heteroatoms. The lowest BCUT2D eigenvalue weighted by Crippen LogP contribution is -2.63. The molecule has 3 aromatic rings. The Morgan fingerprint density at radius 3 is 2.16 bits per heavy atom. The monoisotopic (exact) mass is 1480 g/mol. The Balaban J connectivity index is 0.624. The zero-order valence-corrected chi connectivity index (χ0v) is 62.1. The van der Waals surface area contributed by atoms with E-state index in [1.165, 1.54) is 0 Å². The van der Waals surface area contributed by atoms with Crippen molar-refractivity contribution in [3.05, 3.63) is 119 Å². The Hall–Kier alpha value is -8.92. The molecule has 0 bridgehead atoms. The maximum Gasteiger partial charge on any atom is 0.407 e. The van der Waals surface area contributed by atoms with Gasteiger partial charge < -0.3 is 90.9 Å². The summed E-state index contributed by atoms with van der Waals surface area (Å²) in [6, 6.07) is 18.6. The second-order valence-corrected chi connectivity index (χ2v) is 28.7. The number of ketones is 2. The third-order valence-corrected chi connectivity index (χ3v) is 21.1. The van der Waals surface area contributed by atoms with Crippen molar-refractivity contribution in [2.75, 3.05) is 89.3 Å². The number of ether oxygens (including phenoxy) is 8. The van der Waals surface area contributed by atoms with E-state index in [0.717, 1.165) is 35.1 Å². The van der Waals surface area contributed by atoms with Crippen molar-refractivity contribution < 1.29 is 90.9 Å². The summed E-state index contributed by atoms with van der Waals surface area (Å²) in [6.07, 6.45) is 5.77. The summed E-state index contributed by atoms with van der Waals surface area (Å²) in [5.74, 6) is 2.78. The van der Waals surface area contributed by atoms with Crippen LogP contribution in [-0.4, -0.2) is 186 Å². The number of aliphatic hydroxyl groups excluding tert-OH is 1. The molecular formula is C79H105N9O19. The molecule has 2 unspecified atom stereocenters. The Morgan fingerprint density at radius 1 is 0.757 bits per heavy atom. The molecule has 1 saturated heterocycles. The number of anilines is 2. The van der Waals surface area contributed by atoms with E-state index in [4.69, 9.17) is 43.6 Å². The third kappa shape index (κ3) is 21.5. The molecule has 3 saturated carbocycles. The number of rotatable bonds is 40. The first-order valence-electron chi connectivity index (χ1n) is 37.4. The molecule has 4 fully saturated rings. The van der Waals surface area contributed by atoms with Gasteiger partial charge in [0.2, 0.25) is 35.4 Å². The number of aliphatic hydroxyl groups is 1. The molecule has 107 heavy (non-hydrogen) atoms. The number of fused-ring (bicyclic) bond motifs is 9. The number of Topliss-reactive ketones (excluding diaryl/α,β-unsaturated/α-hetero) is 1. The topological polar surface area (TPSA) is 378 Å². The van der Waals surface area contributed by atoms with Gasteiger partial charge in [-0.3, -0.25) is 38.4 Å². The molecule has 9 rings (SSSR count). The smallest absolute Gasteiger partial charge is 0.407 e. The molecule has 12 atom stereocenters. The van der Waals surface area contributed by atoms with E-state index in [1.807, 2.05) is 68.5 Å². The number of allylic oxidation sites excluding steroid dienone is 4. The van der Waals surface area contributed by atoms with Crippen LogP contribution in [0.5, 0.6) is 0 Å². The van der Waals surface area contributed by atoms with Crippen molar-refractivity contribution >= 4 is 70.5 Å². The van der Waals surface area contributed by atoms with Crippen LogP contribution in [0.3, 0.4) is 0 Å². The highest BCUT2D eigenvalue weighted by Crippen LogP contribution is 2.70. The van der Waals surface area contributed by atoms with E-state index in [-0.39, 0.29) is 145 Å². The van der Waals surface area contributed by atoms with Crippen LogP contribution in [0.15, 0.2) is 96.6 Å². The molecule has 0 spiro atoms. The van der Waals surface area contributed by atoms with Crippen molar-refractivity contribution in [2.45, 2.75) is 174 Å². The molecule has 9 amide bonds. The third-order valence-electron chi connectivity index (χ3n) is 21.1. The van der Waals surface area contributed by atoms with E-state index >= 15 is 0 Å². The number of nitrogens with two attached hydrogens (primary N) is 1. The molecule has 2 heterocycles. The van der Waals surface area contributed by atoms with Gasteiger partial charge in [0.05, 0.1) is 77.3 Å². The maximum atomic E-state index is 14.8. The van der Waals surface area contributed by atoms with Gasteiger partial charge >= 0.3 is 12.1 Å². The van der Waals surface area contributed by atoms with Crippen LogP contribution in [0.1, 0.15) is 141 Å². The summed E-state index contributed by atoms with van der Waals surface area (Å²) >= 11 is 0. The number of para-hydroxylation sites is 1. The van der Waals surface area contributed by atoms with Gasteiger partial charge in [-0.05, 0) is 123 Å². The summed E-state index contributed by atoms with van der Waals surface area (Å²) in [5, 5.41) is 30.8. The highest BCUT2D eigenvalue weighted by molar-refractivity contribution is 6.01. The van der Waals surface area contributed by atoms with Crippen LogP contribution in [0, 0.1) is 46.3 Å². The van der Waals surface area contributed by atoms with Crippen molar-refractivity contribution in [2.24, 2.45) is 40.2 Å². The number of primary amides is 1. The molecule has 4 aliphatic carbocycles. The number of carbonyl (C=O) groups is 10. The average Bonchev–Trinajstić information content (AvgIpc) is 1.53. The number of nitrogens with zero attached hydrogens (tertiary/aromatic N) is 1. The van der Waals surface area contributed by atoms with Crippen molar-refractivity contribution in [1.82, 2.24) is 31.9 Å². The summed E-state index contributed by atoms with van der Waals surface area (Å²) in [4.78, 5) is 133. The quantitative estimate of drug-likeness (QED) is 0.0184. The van der Waals surface area contributed by atoms with E-state index in [0.29, 0.717) is 62.6 Å². The Kier molecular flexibility index (Phi) is 30.1. The fourth-order valence-electron chi connectivity index (χ4n) is 15.7. The fraction of sp³-hybridized carbons (Fsp3) is 0.570. The minimum atomic E-state index is -1.41. The lowest BCUT2D eigenvalue weighted by atomic mass is 9.46. The Morgan fingerprint density at radius 2 is 1.45 bits per heavy atom.